The van der Waals surface area contributed by atoms with Crippen LogP contribution in [-0.4, -0.2) is 37.6 Å². The SMILES string of the molecule is CC(C)C(C#N)CNC1CCCN(C)C1. The monoisotopic (exact) mass is 209 g/mol. The minimum atomic E-state index is 0.150. The van der Waals surface area contributed by atoms with Gasteiger partial charge in [-0.25, -0.2) is 0 Å². The lowest BCUT2D eigenvalue weighted by Gasteiger charge is -2.31. The summed E-state index contributed by atoms with van der Waals surface area (Å²) in [7, 11) is 2.16. The zero-order valence-electron chi connectivity index (χ0n) is 10.2. The third-order valence-electron chi connectivity index (χ3n) is 3.22. The summed E-state index contributed by atoms with van der Waals surface area (Å²) in [5, 5.41) is 12.5. The van der Waals surface area contributed by atoms with Gasteiger partial charge in [-0.1, -0.05) is 13.8 Å². The van der Waals surface area contributed by atoms with Gasteiger partial charge >= 0.3 is 0 Å². The van der Waals surface area contributed by atoms with Gasteiger partial charge in [0.1, 0.15) is 0 Å². The molecule has 0 amide bonds. The molecule has 0 aromatic carbocycles. The van der Waals surface area contributed by atoms with Crippen LogP contribution in [0.1, 0.15) is 26.7 Å². The van der Waals surface area contributed by atoms with Crippen molar-refractivity contribution in [2.45, 2.75) is 32.7 Å². The summed E-state index contributed by atoms with van der Waals surface area (Å²) < 4.78 is 0. The first kappa shape index (κ1) is 12.5. The molecule has 0 saturated carbocycles. The Labute approximate surface area is 93.5 Å². The molecule has 2 unspecified atom stereocenters. The molecule has 3 nitrogen and oxygen atoms in total. The van der Waals surface area contributed by atoms with Crippen LogP contribution in [-0.2, 0) is 0 Å². The van der Waals surface area contributed by atoms with Crippen LogP contribution in [0, 0.1) is 23.2 Å². The standard InChI is InChI=1S/C12H23N3/c1-10(2)11(7-13)8-14-12-5-4-6-15(3)9-12/h10-12,14H,4-6,8-9H2,1-3H3. The summed E-state index contributed by atoms with van der Waals surface area (Å²) in [5.41, 5.74) is 0. The van der Waals surface area contributed by atoms with Gasteiger partial charge in [0.2, 0.25) is 0 Å². The minimum Gasteiger partial charge on any atom is -0.311 e. The molecule has 0 aliphatic carbocycles. The maximum atomic E-state index is 8.98. The Balaban J connectivity index is 2.26. The predicted molar refractivity (Wildman–Crippen MR) is 62.5 cm³/mol. The van der Waals surface area contributed by atoms with Gasteiger partial charge in [-0.15, -0.1) is 0 Å². The van der Waals surface area contributed by atoms with Gasteiger partial charge in [0.25, 0.3) is 0 Å². The molecule has 1 heterocycles. The number of piperidine rings is 1. The molecule has 1 rings (SSSR count). The van der Waals surface area contributed by atoms with Gasteiger partial charge in [0.15, 0.2) is 0 Å². The van der Waals surface area contributed by atoms with E-state index in [2.05, 4.69) is 37.2 Å². The number of likely N-dealkylation sites (tertiary alicyclic amines) is 1. The molecule has 3 heteroatoms. The zero-order chi connectivity index (χ0) is 11.3. The smallest absolute Gasteiger partial charge is 0.0671 e. The summed E-state index contributed by atoms with van der Waals surface area (Å²) in [6, 6.07) is 2.96. The summed E-state index contributed by atoms with van der Waals surface area (Å²) in [4.78, 5) is 2.36. The van der Waals surface area contributed by atoms with Gasteiger partial charge in [-0.3, -0.25) is 0 Å². The molecule has 0 spiro atoms. The van der Waals surface area contributed by atoms with Gasteiger partial charge in [0.05, 0.1) is 12.0 Å². The second kappa shape index (κ2) is 6.09. The van der Waals surface area contributed by atoms with Crippen molar-refractivity contribution in [1.82, 2.24) is 10.2 Å². The third kappa shape index (κ3) is 4.19. The van der Waals surface area contributed by atoms with Gasteiger partial charge in [-0.05, 0) is 32.4 Å². The van der Waals surface area contributed by atoms with E-state index >= 15 is 0 Å². The van der Waals surface area contributed by atoms with Gasteiger partial charge in [-0.2, -0.15) is 5.26 Å². The quantitative estimate of drug-likeness (QED) is 0.762. The molecule has 1 saturated heterocycles. The Morgan fingerprint density at radius 2 is 2.27 bits per heavy atom. The second-order valence-corrected chi connectivity index (χ2v) is 4.99. The average Bonchev–Trinajstić information content (AvgIpc) is 2.18. The maximum absolute atomic E-state index is 8.98. The third-order valence-corrected chi connectivity index (χ3v) is 3.22. The van der Waals surface area contributed by atoms with E-state index in [9.17, 15) is 0 Å². The van der Waals surface area contributed by atoms with Crippen molar-refractivity contribution in [1.29, 1.82) is 5.26 Å². The highest BCUT2D eigenvalue weighted by molar-refractivity contribution is 4.88. The van der Waals surface area contributed by atoms with Crippen molar-refractivity contribution in [2.24, 2.45) is 11.8 Å². The first-order valence-corrected chi connectivity index (χ1v) is 5.95. The number of rotatable bonds is 4. The molecule has 15 heavy (non-hydrogen) atoms. The first-order chi connectivity index (χ1) is 7.13. The Morgan fingerprint density at radius 1 is 1.53 bits per heavy atom. The van der Waals surface area contributed by atoms with E-state index in [-0.39, 0.29) is 5.92 Å². The number of nitrogens with zero attached hydrogens (tertiary/aromatic N) is 2. The van der Waals surface area contributed by atoms with E-state index in [0.29, 0.717) is 12.0 Å². The van der Waals surface area contributed by atoms with Crippen molar-refractivity contribution >= 4 is 0 Å². The normalized spacial score (nSPS) is 25.1. The van der Waals surface area contributed by atoms with Crippen molar-refractivity contribution in [3.05, 3.63) is 0 Å². The van der Waals surface area contributed by atoms with Crippen LogP contribution in [0.2, 0.25) is 0 Å². The van der Waals surface area contributed by atoms with E-state index in [4.69, 9.17) is 5.26 Å². The van der Waals surface area contributed by atoms with E-state index in [1.807, 2.05) is 0 Å². The van der Waals surface area contributed by atoms with Crippen molar-refractivity contribution in [3.63, 3.8) is 0 Å². The molecule has 1 aliphatic rings. The fraction of sp³-hybridized carbons (Fsp3) is 0.917. The fourth-order valence-corrected chi connectivity index (χ4v) is 2.06. The zero-order valence-corrected chi connectivity index (χ0v) is 10.2. The van der Waals surface area contributed by atoms with E-state index in [1.54, 1.807) is 0 Å². The van der Waals surface area contributed by atoms with Crippen LogP contribution >= 0.6 is 0 Å². The Morgan fingerprint density at radius 3 is 2.80 bits per heavy atom. The Hall–Kier alpha value is -0.590. The number of hydrogen-bond acceptors (Lipinski definition) is 3. The topological polar surface area (TPSA) is 39.1 Å². The van der Waals surface area contributed by atoms with Crippen LogP contribution in [0.4, 0.5) is 0 Å². The molecule has 0 bridgehead atoms. The van der Waals surface area contributed by atoms with Crippen LogP contribution in [0.3, 0.4) is 0 Å². The van der Waals surface area contributed by atoms with Crippen molar-refractivity contribution in [2.75, 3.05) is 26.7 Å². The van der Waals surface area contributed by atoms with Crippen molar-refractivity contribution < 1.29 is 0 Å². The maximum Gasteiger partial charge on any atom is 0.0671 e. The Bertz CT molecular complexity index is 219. The highest BCUT2D eigenvalue weighted by atomic mass is 15.1. The molecule has 0 radical (unpaired) electrons. The fourth-order valence-electron chi connectivity index (χ4n) is 2.06. The number of hydrogen-bond donors (Lipinski definition) is 1. The summed E-state index contributed by atoms with van der Waals surface area (Å²) >= 11 is 0. The molecule has 1 fully saturated rings. The second-order valence-electron chi connectivity index (χ2n) is 4.99. The van der Waals surface area contributed by atoms with Crippen LogP contribution in [0.15, 0.2) is 0 Å². The lowest BCUT2D eigenvalue weighted by Crippen LogP contribution is -2.45. The predicted octanol–water partition coefficient (Wildman–Crippen LogP) is 1.47. The molecule has 1 aliphatic heterocycles. The van der Waals surface area contributed by atoms with Gasteiger partial charge in [0, 0.05) is 19.1 Å². The highest BCUT2D eigenvalue weighted by Gasteiger charge is 2.19. The van der Waals surface area contributed by atoms with Crippen LogP contribution in [0.5, 0.6) is 0 Å². The van der Waals surface area contributed by atoms with Gasteiger partial charge < -0.3 is 10.2 Å². The lowest BCUT2D eigenvalue weighted by molar-refractivity contribution is 0.221. The molecule has 86 valence electrons. The Kier molecular flexibility index (Phi) is 5.07. The number of nitriles is 1. The summed E-state index contributed by atoms with van der Waals surface area (Å²) in [6.45, 7) is 7.40. The molecular formula is C12H23N3. The summed E-state index contributed by atoms with van der Waals surface area (Å²) in [5.74, 6) is 0.598. The molecule has 0 aromatic heterocycles. The first-order valence-electron chi connectivity index (χ1n) is 5.95. The van der Waals surface area contributed by atoms with E-state index < -0.39 is 0 Å². The molecule has 0 aromatic rings. The number of nitrogens with one attached hydrogen (secondary N) is 1. The largest absolute Gasteiger partial charge is 0.311 e. The lowest BCUT2D eigenvalue weighted by atomic mass is 9.96. The molecule has 1 N–H and O–H groups in total. The van der Waals surface area contributed by atoms with Crippen LogP contribution < -0.4 is 5.32 Å². The average molecular weight is 209 g/mol. The van der Waals surface area contributed by atoms with Crippen molar-refractivity contribution in [3.8, 4) is 6.07 Å². The summed E-state index contributed by atoms with van der Waals surface area (Å²) in [6.07, 6.45) is 2.52. The highest BCUT2D eigenvalue weighted by Crippen LogP contribution is 2.11. The van der Waals surface area contributed by atoms with Crippen LogP contribution in [0.25, 0.3) is 0 Å². The molecule has 2 atom stereocenters. The number of likely N-dealkylation sites (N-methyl/N-ethyl adjacent to an activating group) is 1. The van der Waals surface area contributed by atoms with E-state index in [1.165, 1.54) is 19.4 Å². The minimum absolute atomic E-state index is 0.150. The molecular weight excluding hydrogens is 186 g/mol. The van der Waals surface area contributed by atoms with E-state index in [0.717, 1.165) is 13.1 Å².